The summed E-state index contributed by atoms with van der Waals surface area (Å²) < 4.78 is 0. The molecule has 15 heavy (non-hydrogen) atoms. The number of pyridine rings is 1. The first-order chi connectivity index (χ1) is 7.31. The number of aliphatic hydroxyl groups excluding tert-OH is 1. The molecule has 0 aliphatic heterocycles. The van der Waals surface area contributed by atoms with E-state index in [-0.39, 0.29) is 6.61 Å². The normalized spacial score (nSPS) is 10.5. The lowest BCUT2D eigenvalue weighted by Crippen LogP contribution is -1.89. The summed E-state index contributed by atoms with van der Waals surface area (Å²) in [7, 11) is 0. The second kappa shape index (κ2) is 4.51. The van der Waals surface area contributed by atoms with Crippen LogP contribution in [0.1, 0.15) is 9.88 Å². The molecule has 0 aliphatic carbocycles. The highest BCUT2D eigenvalue weighted by molar-refractivity contribution is 7.12. The predicted octanol–water partition coefficient (Wildman–Crippen LogP) is 2.05. The summed E-state index contributed by atoms with van der Waals surface area (Å²) in [6, 6.07) is 3.90. The number of aryl methyl sites for hydroxylation is 1. The number of hydrogen-bond donors (Lipinski definition) is 1. The largest absolute Gasteiger partial charge is 0.396 e. The lowest BCUT2D eigenvalue weighted by molar-refractivity contribution is 0.299. The molecule has 0 amide bonds. The quantitative estimate of drug-likeness (QED) is 0.861. The van der Waals surface area contributed by atoms with Crippen LogP contribution in [-0.4, -0.2) is 21.7 Å². The lowest BCUT2D eigenvalue weighted by atomic mass is 10.2. The van der Waals surface area contributed by atoms with Crippen LogP contribution in [-0.2, 0) is 6.42 Å². The molecular formula is C11H12N2OS. The third-order valence-electron chi connectivity index (χ3n) is 2.10. The first-order valence-electron chi connectivity index (χ1n) is 4.79. The van der Waals surface area contributed by atoms with Crippen molar-refractivity contribution in [3.8, 4) is 11.3 Å². The minimum absolute atomic E-state index is 0.152. The molecule has 3 nitrogen and oxygen atoms in total. The van der Waals surface area contributed by atoms with Crippen LogP contribution >= 0.6 is 11.3 Å². The van der Waals surface area contributed by atoms with Gasteiger partial charge < -0.3 is 5.11 Å². The first-order valence-corrected chi connectivity index (χ1v) is 5.60. The molecule has 4 heteroatoms. The van der Waals surface area contributed by atoms with E-state index < -0.39 is 0 Å². The zero-order valence-corrected chi connectivity index (χ0v) is 9.29. The van der Waals surface area contributed by atoms with Crippen molar-refractivity contribution < 1.29 is 5.11 Å². The Balaban J connectivity index is 2.36. The average molecular weight is 220 g/mol. The molecule has 1 N–H and O–H groups in total. The summed E-state index contributed by atoms with van der Waals surface area (Å²) in [5.74, 6) is 0. The van der Waals surface area contributed by atoms with Crippen molar-refractivity contribution in [1.82, 2.24) is 9.97 Å². The summed E-state index contributed by atoms with van der Waals surface area (Å²) in [5, 5.41) is 9.83. The second-order valence-electron chi connectivity index (χ2n) is 3.23. The third-order valence-corrected chi connectivity index (χ3v) is 3.13. The lowest BCUT2D eigenvalue weighted by Gasteiger charge is -1.95. The second-order valence-corrected chi connectivity index (χ2v) is 4.52. The Hall–Kier alpha value is -1.26. The van der Waals surface area contributed by atoms with Crippen molar-refractivity contribution >= 4 is 11.3 Å². The van der Waals surface area contributed by atoms with Crippen molar-refractivity contribution in [3.63, 3.8) is 0 Å². The van der Waals surface area contributed by atoms with E-state index in [1.54, 1.807) is 17.5 Å². The molecule has 0 saturated carbocycles. The van der Waals surface area contributed by atoms with Gasteiger partial charge in [-0.05, 0) is 19.1 Å². The van der Waals surface area contributed by atoms with Crippen molar-refractivity contribution in [2.45, 2.75) is 13.3 Å². The molecule has 0 unspecified atom stereocenters. The van der Waals surface area contributed by atoms with Crippen LogP contribution in [0.4, 0.5) is 0 Å². The van der Waals surface area contributed by atoms with Crippen LogP contribution in [0.3, 0.4) is 0 Å². The Kier molecular flexibility index (Phi) is 3.08. The van der Waals surface area contributed by atoms with Crippen LogP contribution in [0.15, 0.2) is 24.5 Å². The minimum atomic E-state index is 0.152. The van der Waals surface area contributed by atoms with E-state index in [9.17, 15) is 0 Å². The topological polar surface area (TPSA) is 46.0 Å². The fraction of sp³-hybridized carbons (Fsp3) is 0.273. The molecule has 0 aliphatic rings. The van der Waals surface area contributed by atoms with Gasteiger partial charge in [0.2, 0.25) is 0 Å². The van der Waals surface area contributed by atoms with Crippen molar-refractivity contribution in [2.24, 2.45) is 0 Å². The van der Waals surface area contributed by atoms with Crippen LogP contribution in [0, 0.1) is 6.92 Å². The van der Waals surface area contributed by atoms with E-state index in [0.29, 0.717) is 6.42 Å². The van der Waals surface area contributed by atoms with Crippen LogP contribution in [0.25, 0.3) is 11.3 Å². The fourth-order valence-electron chi connectivity index (χ4n) is 1.42. The zero-order chi connectivity index (χ0) is 10.7. The molecule has 2 aromatic rings. The Labute approximate surface area is 92.5 Å². The smallest absolute Gasteiger partial charge is 0.0958 e. The van der Waals surface area contributed by atoms with E-state index >= 15 is 0 Å². The minimum Gasteiger partial charge on any atom is -0.396 e. The summed E-state index contributed by atoms with van der Waals surface area (Å²) in [6.45, 7) is 2.19. The van der Waals surface area contributed by atoms with E-state index in [1.165, 1.54) is 4.88 Å². The number of aromatic nitrogens is 2. The molecule has 0 radical (unpaired) electrons. The standard InChI is InChI=1S/C11H12N2OS/c1-8-11(9-3-2-5-12-7-9)13-10(15-8)4-6-14/h2-3,5,7,14H,4,6H2,1H3. The van der Waals surface area contributed by atoms with Crippen LogP contribution in [0.5, 0.6) is 0 Å². The molecule has 78 valence electrons. The molecule has 0 fully saturated rings. The van der Waals surface area contributed by atoms with E-state index in [0.717, 1.165) is 16.3 Å². The Morgan fingerprint density at radius 1 is 1.47 bits per heavy atom. The average Bonchev–Trinajstić information content (AvgIpc) is 2.61. The highest BCUT2D eigenvalue weighted by atomic mass is 32.1. The van der Waals surface area contributed by atoms with E-state index in [1.807, 2.05) is 25.3 Å². The number of rotatable bonds is 3. The van der Waals surface area contributed by atoms with Crippen molar-refractivity contribution in [1.29, 1.82) is 0 Å². The molecule has 2 rings (SSSR count). The SMILES string of the molecule is Cc1sc(CCO)nc1-c1cccnc1. The molecule has 0 bridgehead atoms. The summed E-state index contributed by atoms with van der Waals surface area (Å²) in [6.07, 6.45) is 4.19. The Bertz CT molecular complexity index is 439. The number of nitrogens with zero attached hydrogens (tertiary/aromatic N) is 2. The van der Waals surface area contributed by atoms with Gasteiger partial charge in [-0.1, -0.05) is 0 Å². The summed E-state index contributed by atoms with van der Waals surface area (Å²) in [4.78, 5) is 9.73. The molecule has 0 saturated heterocycles. The van der Waals surface area contributed by atoms with Gasteiger partial charge in [-0.15, -0.1) is 11.3 Å². The number of thiazole rings is 1. The summed E-state index contributed by atoms with van der Waals surface area (Å²) >= 11 is 1.63. The molecule has 2 heterocycles. The predicted molar refractivity (Wildman–Crippen MR) is 60.9 cm³/mol. The number of hydrogen-bond acceptors (Lipinski definition) is 4. The van der Waals surface area contributed by atoms with Gasteiger partial charge in [0.1, 0.15) is 0 Å². The highest BCUT2D eigenvalue weighted by Crippen LogP contribution is 2.26. The van der Waals surface area contributed by atoms with Crippen molar-refractivity contribution in [3.05, 3.63) is 34.4 Å². The molecule has 0 atom stereocenters. The monoisotopic (exact) mass is 220 g/mol. The van der Waals surface area contributed by atoms with Crippen molar-refractivity contribution in [2.75, 3.05) is 6.61 Å². The van der Waals surface area contributed by atoms with E-state index in [2.05, 4.69) is 9.97 Å². The number of aliphatic hydroxyl groups is 1. The maximum atomic E-state index is 8.84. The van der Waals surface area contributed by atoms with Gasteiger partial charge in [0, 0.05) is 35.9 Å². The Morgan fingerprint density at radius 2 is 2.33 bits per heavy atom. The van der Waals surface area contributed by atoms with Gasteiger partial charge in [0.15, 0.2) is 0 Å². The molecule has 2 aromatic heterocycles. The Morgan fingerprint density at radius 3 is 3.00 bits per heavy atom. The van der Waals surface area contributed by atoms with Gasteiger partial charge in [-0.2, -0.15) is 0 Å². The van der Waals surface area contributed by atoms with Crippen LogP contribution < -0.4 is 0 Å². The molecule has 0 spiro atoms. The van der Waals surface area contributed by atoms with Gasteiger partial charge >= 0.3 is 0 Å². The zero-order valence-electron chi connectivity index (χ0n) is 8.47. The van der Waals surface area contributed by atoms with Gasteiger partial charge in [-0.3, -0.25) is 4.98 Å². The maximum Gasteiger partial charge on any atom is 0.0958 e. The van der Waals surface area contributed by atoms with E-state index in [4.69, 9.17) is 5.11 Å². The van der Waals surface area contributed by atoms with Crippen LogP contribution in [0.2, 0.25) is 0 Å². The third kappa shape index (κ3) is 2.22. The molecule has 0 aromatic carbocycles. The fourth-order valence-corrected chi connectivity index (χ4v) is 2.37. The highest BCUT2D eigenvalue weighted by Gasteiger charge is 2.08. The van der Waals surface area contributed by atoms with Gasteiger partial charge in [0.05, 0.1) is 10.7 Å². The van der Waals surface area contributed by atoms with Gasteiger partial charge in [-0.25, -0.2) is 4.98 Å². The van der Waals surface area contributed by atoms with Gasteiger partial charge in [0.25, 0.3) is 0 Å². The molecular weight excluding hydrogens is 208 g/mol. The summed E-state index contributed by atoms with van der Waals surface area (Å²) in [5.41, 5.74) is 2.02. The maximum absolute atomic E-state index is 8.84. The first kappa shape index (κ1) is 10.3.